The molecule has 1 aliphatic rings. The monoisotopic (exact) mass is 230 g/mol. The first-order valence-corrected chi connectivity index (χ1v) is 6.13. The Bertz CT molecular complexity index is 467. The predicted octanol–water partition coefficient (Wildman–Crippen LogP) is -0.167. The largest absolute Gasteiger partial charge is 0.381 e. The molecule has 6 nitrogen and oxygen atoms in total. The molecule has 0 aromatic carbocycles. The fraction of sp³-hybridized carbons (Fsp3) is 0.625. The standard InChI is InChI=1S/C8H14N4O2S/c1-8(3-4-8)11-15(13,14)7-6(9)10-5-12(7)2/h5,11H,3-4,9H2,1-2H3. The third-order valence-corrected chi connectivity index (χ3v) is 4.31. The van der Waals surface area contributed by atoms with E-state index in [0.717, 1.165) is 12.8 Å². The molecule has 0 atom stereocenters. The highest BCUT2D eigenvalue weighted by atomic mass is 32.2. The lowest BCUT2D eigenvalue weighted by molar-refractivity contribution is 0.549. The van der Waals surface area contributed by atoms with Crippen LogP contribution in [0.25, 0.3) is 0 Å². The average molecular weight is 230 g/mol. The molecule has 15 heavy (non-hydrogen) atoms. The maximum absolute atomic E-state index is 11.9. The first-order chi connectivity index (χ1) is 6.84. The van der Waals surface area contributed by atoms with Crippen molar-refractivity contribution in [1.29, 1.82) is 0 Å². The summed E-state index contributed by atoms with van der Waals surface area (Å²) in [6, 6.07) is 0. The maximum atomic E-state index is 11.9. The zero-order valence-corrected chi connectivity index (χ0v) is 9.50. The Balaban J connectivity index is 2.37. The SMILES string of the molecule is Cn1cnc(N)c1S(=O)(=O)NC1(C)CC1. The van der Waals surface area contributed by atoms with Crippen molar-refractivity contribution in [2.45, 2.75) is 30.3 Å². The summed E-state index contributed by atoms with van der Waals surface area (Å²) in [6.07, 6.45) is 3.12. The van der Waals surface area contributed by atoms with Gasteiger partial charge >= 0.3 is 0 Å². The first kappa shape index (κ1) is 10.4. The van der Waals surface area contributed by atoms with Gasteiger partial charge in [0.15, 0.2) is 10.8 Å². The van der Waals surface area contributed by atoms with Crippen LogP contribution in [0, 0.1) is 0 Å². The lowest BCUT2D eigenvalue weighted by Gasteiger charge is -2.12. The van der Waals surface area contributed by atoms with Crippen LogP contribution in [-0.2, 0) is 17.1 Å². The molecule has 2 rings (SSSR count). The van der Waals surface area contributed by atoms with E-state index in [4.69, 9.17) is 5.73 Å². The van der Waals surface area contributed by atoms with E-state index >= 15 is 0 Å². The number of imidazole rings is 1. The Labute approximate surface area is 88.5 Å². The lowest BCUT2D eigenvalue weighted by Crippen LogP contribution is -2.35. The third kappa shape index (κ3) is 1.84. The molecule has 0 amide bonds. The van der Waals surface area contributed by atoms with E-state index in [1.54, 1.807) is 7.05 Å². The number of nitrogen functional groups attached to an aromatic ring is 1. The summed E-state index contributed by atoms with van der Waals surface area (Å²) in [5, 5.41) is 0.0376. The van der Waals surface area contributed by atoms with Gasteiger partial charge in [0, 0.05) is 12.6 Å². The molecule has 1 heterocycles. The van der Waals surface area contributed by atoms with Crippen molar-refractivity contribution in [3.05, 3.63) is 6.33 Å². The Kier molecular flexibility index (Phi) is 2.06. The van der Waals surface area contributed by atoms with Gasteiger partial charge in [0.25, 0.3) is 10.0 Å². The summed E-state index contributed by atoms with van der Waals surface area (Å²) >= 11 is 0. The van der Waals surface area contributed by atoms with Gasteiger partial charge in [0.2, 0.25) is 0 Å². The van der Waals surface area contributed by atoms with Gasteiger partial charge in [0.1, 0.15) is 0 Å². The van der Waals surface area contributed by atoms with Crippen LogP contribution in [0.1, 0.15) is 19.8 Å². The van der Waals surface area contributed by atoms with Crippen molar-refractivity contribution in [2.24, 2.45) is 7.05 Å². The molecule has 0 bridgehead atoms. The first-order valence-electron chi connectivity index (χ1n) is 4.65. The normalized spacial score (nSPS) is 19.1. The van der Waals surface area contributed by atoms with Crippen LogP contribution in [0.2, 0.25) is 0 Å². The molecule has 1 fully saturated rings. The molecular formula is C8H14N4O2S. The molecule has 1 saturated carbocycles. The summed E-state index contributed by atoms with van der Waals surface area (Å²) in [5.74, 6) is 0.0363. The van der Waals surface area contributed by atoms with Crippen LogP contribution < -0.4 is 10.5 Å². The van der Waals surface area contributed by atoms with E-state index in [1.807, 2.05) is 6.92 Å². The topological polar surface area (TPSA) is 90.0 Å². The number of hydrogen-bond donors (Lipinski definition) is 2. The molecular weight excluding hydrogens is 216 g/mol. The second kappa shape index (κ2) is 2.96. The minimum atomic E-state index is -3.55. The Morgan fingerprint density at radius 1 is 1.60 bits per heavy atom. The van der Waals surface area contributed by atoms with Gasteiger partial charge in [-0.2, -0.15) is 0 Å². The van der Waals surface area contributed by atoms with E-state index < -0.39 is 10.0 Å². The van der Waals surface area contributed by atoms with Gasteiger partial charge in [-0.1, -0.05) is 0 Å². The summed E-state index contributed by atoms with van der Waals surface area (Å²) in [4.78, 5) is 3.75. The van der Waals surface area contributed by atoms with Gasteiger partial charge < -0.3 is 10.3 Å². The quantitative estimate of drug-likeness (QED) is 0.754. The molecule has 1 aliphatic carbocycles. The zero-order chi connectivity index (χ0) is 11.3. The van der Waals surface area contributed by atoms with Crippen LogP contribution in [-0.4, -0.2) is 23.5 Å². The number of aryl methyl sites for hydroxylation is 1. The van der Waals surface area contributed by atoms with Crippen molar-refractivity contribution in [3.8, 4) is 0 Å². The second-order valence-corrected chi connectivity index (χ2v) is 5.81. The van der Waals surface area contributed by atoms with Crippen molar-refractivity contribution >= 4 is 15.8 Å². The minimum absolute atomic E-state index is 0.0363. The summed E-state index contributed by atoms with van der Waals surface area (Å²) in [6.45, 7) is 1.87. The zero-order valence-electron chi connectivity index (χ0n) is 8.69. The Morgan fingerprint density at radius 3 is 2.60 bits per heavy atom. The number of nitrogens with two attached hydrogens (primary N) is 1. The van der Waals surface area contributed by atoms with Gasteiger partial charge in [-0.15, -0.1) is 0 Å². The summed E-state index contributed by atoms with van der Waals surface area (Å²) < 4.78 is 27.9. The van der Waals surface area contributed by atoms with Crippen LogP contribution in [0.4, 0.5) is 5.82 Å². The van der Waals surface area contributed by atoms with Gasteiger partial charge in [0.05, 0.1) is 6.33 Å². The van der Waals surface area contributed by atoms with Gasteiger partial charge in [-0.25, -0.2) is 18.1 Å². The number of sulfonamides is 1. The Morgan fingerprint density at radius 2 is 2.20 bits per heavy atom. The molecule has 3 N–H and O–H groups in total. The van der Waals surface area contributed by atoms with Gasteiger partial charge in [-0.3, -0.25) is 0 Å². The number of nitrogens with zero attached hydrogens (tertiary/aromatic N) is 2. The molecule has 0 spiro atoms. The van der Waals surface area contributed by atoms with E-state index in [0.29, 0.717) is 0 Å². The Hall–Kier alpha value is -1.08. The van der Waals surface area contributed by atoms with Crippen LogP contribution in [0.5, 0.6) is 0 Å². The van der Waals surface area contributed by atoms with Crippen molar-refractivity contribution in [2.75, 3.05) is 5.73 Å². The third-order valence-electron chi connectivity index (χ3n) is 2.54. The average Bonchev–Trinajstić information content (AvgIpc) is 2.67. The van der Waals surface area contributed by atoms with E-state index in [-0.39, 0.29) is 16.4 Å². The van der Waals surface area contributed by atoms with Crippen LogP contribution in [0.15, 0.2) is 11.4 Å². The van der Waals surface area contributed by atoms with Crippen LogP contribution in [0.3, 0.4) is 0 Å². The van der Waals surface area contributed by atoms with Gasteiger partial charge in [-0.05, 0) is 19.8 Å². The van der Waals surface area contributed by atoms with E-state index in [9.17, 15) is 8.42 Å². The number of hydrogen-bond acceptors (Lipinski definition) is 4. The molecule has 1 aromatic rings. The highest BCUT2D eigenvalue weighted by molar-refractivity contribution is 7.89. The predicted molar refractivity (Wildman–Crippen MR) is 55.6 cm³/mol. The smallest absolute Gasteiger partial charge is 0.260 e. The second-order valence-electron chi connectivity index (χ2n) is 4.21. The molecule has 0 radical (unpaired) electrons. The molecule has 84 valence electrons. The van der Waals surface area contributed by atoms with E-state index in [2.05, 4.69) is 9.71 Å². The number of anilines is 1. The minimum Gasteiger partial charge on any atom is -0.381 e. The molecule has 0 saturated heterocycles. The lowest BCUT2D eigenvalue weighted by atomic mass is 10.4. The summed E-state index contributed by atoms with van der Waals surface area (Å²) in [7, 11) is -1.94. The molecule has 7 heteroatoms. The van der Waals surface area contributed by atoms with Crippen molar-refractivity contribution in [1.82, 2.24) is 14.3 Å². The number of nitrogens with one attached hydrogen (secondary N) is 1. The van der Waals surface area contributed by atoms with Crippen molar-refractivity contribution in [3.63, 3.8) is 0 Å². The molecule has 1 aromatic heterocycles. The number of rotatable bonds is 3. The van der Waals surface area contributed by atoms with Crippen LogP contribution >= 0.6 is 0 Å². The highest BCUT2D eigenvalue weighted by Crippen LogP contribution is 2.36. The fourth-order valence-electron chi connectivity index (χ4n) is 1.43. The molecule has 0 aliphatic heterocycles. The van der Waals surface area contributed by atoms with Crippen molar-refractivity contribution < 1.29 is 8.42 Å². The summed E-state index contributed by atoms with van der Waals surface area (Å²) in [5.41, 5.74) is 5.22. The molecule has 0 unspecified atom stereocenters. The number of aromatic nitrogens is 2. The fourth-order valence-corrected chi connectivity index (χ4v) is 3.13. The van der Waals surface area contributed by atoms with E-state index in [1.165, 1.54) is 10.9 Å². The highest BCUT2D eigenvalue weighted by Gasteiger charge is 2.42. The maximum Gasteiger partial charge on any atom is 0.260 e.